The minimum Gasteiger partial charge on any atom is -0.456 e. The molecule has 4 heteroatoms. The van der Waals surface area contributed by atoms with Crippen molar-refractivity contribution in [3.63, 3.8) is 0 Å². The molecule has 1 unspecified atom stereocenters. The van der Waals surface area contributed by atoms with E-state index in [2.05, 4.69) is 134 Å². The summed E-state index contributed by atoms with van der Waals surface area (Å²) in [6, 6.07) is 48.8. The van der Waals surface area contributed by atoms with Crippen molar-refractivity contribution in [1.29, 1.82) is 0 Å². The Kier molecular flexibility index (Phi) is 7.03. The van der Waals surface area contributed by atoms with Crippen LogP contribution in [0.4, 0.5) is 0 Å². The molecule has 10 rings (SSSR count). The van der Waals surface area contributed by atoms with Crippen molar-refractivity contribution in [2.75, 3.05) is 7.05 Å². The van der Waals surface area contributed by atoms with Gasteiger partial charge in [-0.1, -0.05) is 122 Å². The van der Waals surface area contributed by atoms with Crippen molar-refractivity contribution in [1.82, 2.24) is 0 Å². The Hall–Kier alpha value is -6.52. The van der Waals surface area contributed by atoms with Gasteiger partial charge in [-0.2, -0.15) is 0 Å². The highest BCUT2D eigenvalue weighted by Gasteiger charge is 2.21. The number of aliphatic imine (C=N–C) groups is 2. The third kappa shape index (κ3) is 4.83. The Balaban J connectivity index is 1.16. The molecule has 0 fully saturated rings. The third-order valence-electron chi connectivity index (χ3n) is 10.6. The fourth-order valence-electron chi connectivity index (χ4n) is 8.02. The second-order valence-electron chi connectivity index (χ2n) is 13.7. The van der Waals surface area contributed by atoms with Crippen molar-refractivity contribution >= 4 is 72.3 Å². The predicted molar refractivity (Wildman–Crippen MR) is 217 cm³/mol. The lowest BCUT2D eigenvalue weighted by Gasteiger charge is -2.19. The quantitative estimate of drug-likeness (QED) is 0.138. The molecule has 0 saturated carbocycles. The van der Waals surface area contributed by atoms with Crippen LogP contribution in [-0.4, -0.2) is 18.6 Å². The van der Waals surface area contributed by atoms with Crippen LogP contribution < -0.4 is 0 Å². The van der Waals surface area contributed by atoms with Gasteiger partial charge in [0.25, 0.3) is 0 Å². The van der Waals surface area contributed by atoms with E-state index in [-0.39, 0.29) is 0 Å². The molecule has 1 atom stereocenters. The number of allylic oxidation sites excluding steroid dienone is 1. The summed E-state index contributed by atoms with van der Waals surface area (Å²) in [5.74, 6) is 1.09. The number of rotatable bonds is 4. The third-order valence-corrected chi connectivity index (χ3v) is 10.6. The van der Waals surface area contributed by atoms with Gasteiger partial charge in [0.1, 0.15) is 22.3 Å². The van der Waals surface area contributed by atoms with Crippen molar-refractivity contribution < 1.29 is 8.83 Å². The van der Waals surface area contributed by atoms with E-state index in [1.54, 1.807) is 0 Å². The summed E-state index contributed by atoms with van der Waals surface area (Å²) in [6.45, 7) is 2.29. The molecule has 1 aliphatic rings. The van der Waals surface area contributed by atoms with E-state index in [1.165, 1.54) is 16.5 Å². The summed E-state index contributed by atoms with van der Waals surface area (Å²) >= 11 is 0. The number of furan rings is 2. The second kappa shape index (κ2) is 12.1. The van der Waals surface area contributed by atoms with Crippen LogP contribution in [0.15, 0.2) is 164 Å². The van der Waals surface area contributed by atoms with Crippen LogP contribution >= 0.6 is 0 Å². The normalized spacial score (nSPS) is 15.0. The largest absolute Gasteiger partial charge is 0.456 e. The average molecular weight is 671 g/mol. The van der Waals surface area contributed by atoms with Gasteiger partial charge in [0, 0.05) is 50.7 Å². The molecule has 0 saturated heterocycles. The first-order valence-corrected chi connectivity index (χ1v) is 17.9. The molecule has 52 heavy (non-hydrogen) atoms. The van der Waals surface area contributed by atoms with Gasteiger partial charge in [0.05, 0.1) is 5.71 Å². The van der Waals surface area contributed by atoms with Gasteiger partial charge in [0.15, 0.2) is 5.84 Å². The number of nitrogens with zero attached hydrogens (tertiary/aromatic N) is 2. The molecule has 1 aliphatic carbocycles. The molecule has 2 heterocycles. The van der Waals surface area contributed by atoms with Gasteiger partial charge in [0.2, 0.25) is 0 Å². The lowest BCUT2D eigenvalue weighted by molar-refractivity contribution is 0.669. The zero-order valence-electron chi connectivity index (χ0n) is 28.9. The van der Waals surface area contributed by atoms with E-state index in [4.69, 9.17) is 18.8 Å². The number of fused-ring (bicyclic) bond motifs is 9. The fourth-order valence-corrected chi connectivity index (χ4v) is 8.02. The minimum atomic E-state index is 0.443. The smallest absolute Gasteiger partial charge is 0.155 e. The fraction of sp³-hybridized carbons (Fsp3) is 0.0833. The van der Waals surface area contributed by atoms with Crippen LogP contribution in [0.25, 0.3) is 71.9 Å². The molecule has 7 aromatic carbocycles. The van der Waals surface area contributed by atoms with Gasteiger partial charge in [-0.05, 0) is 76.4 Å². The summed E-state index contributed by atoms with van der Waals surface area (Å²) < 4.78 is 13.1. The molecule has 0 spiro atoms. The number of hydrogen-bond acceptors (Lipinski definition) is 3. The predicted octanol–water partition coefficient (Wildman–Crippen LogP) is 12.7. The van der Waals surface area contributed by atoms with Crippen molar-refractivity contribution in [3.8, 4) is 11.1 Å². The summed E-state index contributed by atoms with van der Waals surface area (Å²) in [5.41, 5.74) is 12.1. The van der Waals surface area contributed by atoms with Gasteiger partial charge >= 0.3 is 0 Å². The number of hydrogen-bond donors (Lipinski definition) is 0. The zero-order chi connectivity index (χ0) is 34.8. The molecule has 9 aromatic rings. The highest BCUT2D eigenvalue weighted by molar-refractivity contribution is 6.26. The van der Waals surface area contributed by atoms with Crippen LogP contribution in [0.3, 0.4) is 0 Å². The molecular formula is C48H34N2O2. The molecule has 0 aliphatic heterocycles. The van der Waals surface area contributed by atoms with Crippen LogP contribution in [-0.2, 0) is 0 Å². The van der Waals surface area contributed by atoms with Crippen LogP contribution in [0.1, 0.15) is 47.1 Å². The maximum atomic E-state index is 6.59. The first kappa shape index (κ1) is 30.3. The van der Waals surface area contributed by atoms with Gasteiger partial charge in [-0.3, -0.25) is 4.99 Å². The van der Waals surface area contributed by atoms with Crippen molar-refractivity contribution in [3.05, 3.63) is 173 Å². The molecule has 0 amide bonds. The number of benzene rings is 7. The molecule has 4 nitrogen and oxygen atoms in total. The lowest BCUT2D eigenvalue weighted by atomic mass is 9.86. The standard InChI is InChI=1S/C48H34N2O2/c1-29-11-8-15-31-21-22-34(27-40(29)31)46(32-13-4-3-5-14-32)50-48(49-2)39-18-10-20-42-45(39)44-35(17-9-19-41(44)51-42)33-24-25-37-38-26-23-30-12-6-7-16-36(30)47(38)52-43(37)28-33/h3-10,12-29H,11H2,1-2H3/b49-48-,50-46-. The second-order valence-corrected chi connectivity index (χ2v) is 13.7. The summed E-state index contributed by atoms with van der Waals surface area (Å²) in [4.78, 5) is 10.2. The maximum absolute atomic E-state index is 6.59. The summed E-state index contributed by atoms with van der Waals surface area (Å²) in [7, 11) is 1.82. The molecule has 0 radical (unpaired) electrons. The zero-order valence-corrected chi connectivity index (χ0v) is 28.9. The topological polar surface area (TPSA) is 51.0 Å². The Morgan fingerprint density at radius 1 is 0.635 bits per heavy atom. The Morgan fingerprint density at radius 3 is 2.33 bits per heavy atom. The van der Waals surface area contributed by atoms with Crippen molar-refractivity contribution in [2.45, 2.75) is 19.3 Å². The Bertz CT molecular complexity index is 2960. The van der Waals surface area contributed by atoms with Gasteiger partial charge in [-0.15, -0.1) is 0 Å². The molecule has 2 aromatic heterocycles. The van der Waals surface area contributed by atoms with Gasteiger partial charge < -0.3 is 8.83 Å². The SMILES string of the molecule is C/N=C(\N=C(\c1ccccc1)c1ccc2c(c1)C(C)CC=C2)c1cccc2oc3cccc(-c4ccc5c(c4)oc4c6ccccc6ccc54)c3c12. The molecule has 0 N–H and O–H groups in total. The van der Waals surface area contributed by atoms with Crippen LogP contribution in [0.2, 0.25) is 0 Å². The monoisotopic (exact) mass is 670 g/mol. The summed E-state index contributed by atoms with van der Waals surface area (Å²) in [6.07, 6.45) is 5.53. The highest BCUT2D eigenvalue weighted by Crippen LogP contribution is 2.41. The maximum Gasteiger partial charge on any atom is 0.155 e. The highest BCUT2D eigenvalue weighted by atomic mass is 16.3. The number of amidine groups is 1. The lowest BCUT2D eigenvalue weighted by Crippen LogP contribution is -2.11. The van der Waals surface area contributed by atoms with E-state index in [9.17, 15) is 0 Å². The van der Waals surface area contributed by atoms with Gasteiger partial charge in [-0.25, -0.2) is 4.99 Å². The average Bonchev–Trinajstić information content (AvgIpc) is 3.77. The van der Waals surface area contributed by atoms with E-state index < -0.39 is 0 Å². The molecular weight excluding hydrogens is 637 g/mol. The molecule has 0 bridgehead atoms. The summed E-state index contributed by atoms with van der Waals surface area (Å²) in [5, 5.41) is 6.53. The van der Waals surface area contributed by atoms with E-state index in [0.29, 0.717) is 11.8 Å². The van der Waals surface area contributed by atoms with Crippen LogP contribution in [0, 0.1) is 0 Å². The first-order chi connectivity index (χ1) is 25.6. The minimum absolute atomic E-state index is 0.443. The van der Waals surface area contributed by atoms with E-state index in [1.807, 2.05) is 31.3 Å². The Labute approximate surface area is 301 Å². The van der Waals surface area contributed by atoms with Crippen molar-refractivity contribution in [2.24, 2.45) is 9.98 Å². The first-order valence-electron chi connectivity index (χ1n) is 17.9. The van der Waals surface area contributed by atoms with E-state index in [0.717, 1.165) is 89.2 Å². The Morgan fingerprint density at radius 2 is 1.44 bits per heavy atom. The van der Waals surface area contributed by atoms with Crippen LogP contribution in [0.5, 0.6) is 0 Å². The van der Waals surface area contributed by atoms with E-state index >= 15 is 0 Å². The molecule has 248 valence electrons.